The van der Waals surface area contributed by atoms with E-state index in [1.165, 1.54) is 32.1 Å². The first kappa shape index (κ1) is 17.9. The van der Waals surface area contributed by atoms with Crippen LogP contribution in [0.4, 0.5) is 17.6 Å². The Morgan fingerprint density at radius 2 is 1.96 bits per heavy atom. The van der Waals surface area contributed by atoms with Crippen molar-refractivity contribution >= 4 is 34.9 Å². The molecule has 0 aliphatic carbocycles. The molecule has 6 nitrogen and oxygen atoms in total. The van der Waals surface area contributed by atoms with Gasteiger partial charge in [0.25, 0.3) is 0 Å². The Morgan fingerprint density at radius 3 is 2.68 bits per heavy atom. The summed E-state index contributed by atoms with van der Waals surface area (Å²) in [5.74, 6) is 2.56. The van der Waals surface area contributed by atoms with Crippen LogP contribution in [0.1, 0.15) is 39.0 Å². The van der Waals surface area contributed by atoms with Gasteiger partial charge in [0.1, 0.15) is 11.6 Å². The summed E-state index contributed by atoms with van der Waals surface area (Å²) in [6, 6.07) is 2.65. The zero-order valence-electron chi connectivity index (χ0n) is 15.0. The standard InChI is InChI=1S/C18H28N6S/c1-3-9-19-18(25)22-17-20-15(23-10-6-7-11-23)13-16(21-17)24-12-5-4-8-14(24)2/h3,13-14H,1,4-12H2,2H3,(H2,19,20,21,22,25)/t14-/m1/s1. The summed E-state index contributed by atoms with van der Waals surface area (Å²) in [4.78, 5) is 14.2. The number of hydrogen-bond acceptors (Lipinski definition) is 5. The molecule has 0 aromatic carbocycles. The molecule has 3 heterocycles. The number of hydrogen-bond donors (Lipinski definition) is 2. The molecule has 0 unspecified atom stereocenters. The Hall–Kier alpha value is -1.89. The van der Waals surface area contributed by atoms with Crippen LogP contribution in [0.5, 0.6) is 0 Å². The molecule has 7 heteroatoms. The van der Waals surface area contributed by atoms with Crippen LogP contribution < -0.4 is 20.4 Å². The van der Waals surface area contributed by atoms with Crippen LogP contribution in [0.2, 0.25) is 0 Å². The SMILES string of the molecule is C=CCNC(=S)Nc1nc(N2CCCC2)cc(N2CCCC[C@H]2C)n1. The van der Waals surface area contributed by atoms with Crippen molar-refractivity contribution in [2.75, 3.05) is 41.3 Å². The van der Waals surface area contributed by atoms with Gasteiger partial charge in [0.2, 0.25) is 5.95 Å². The van der Waals surface area contributed by atoms with Crippen LogP contribution in [0.15, 0.2) is 18.7 Å². The summed E-state index contributed by atoms with van der Waals surface area (Å²) >= 11 is 5.33. The Labute approximate surface area is 155 Å². The number of nitrogens with zero attached hydrogens (tertiary/aromatic N) is 4. The van der Waals surface area contributed by atoms with Gasteiger partial charge in [0, 0.05) is 38.3 Å². The summed E-state index contributed by atoms with van der Waals surface area (Å²) < 4.78 is 0. The molecule has 1 aromatic rings. The fourth-order valence-corrected chi connectivity index (χ4v) is 3.66. The van der Waals surface area contributed by atoms with Crippen molar-refractivity contribution in [3.05, 3.63) is 18.7 Å². The maximum absolute atomic E-state index is 5.33. The third-order valence-electron chi connectivity index (χ3n) is 4.86. The molecule has 2 N–H and O–H groups in total. The molecular formula is C18H28N6S. The van der Waals surface area contributed by atoms with E-state index in [0.717, 1.165) is 31.3 Å². The lowest BCUT2D eigenvalue weighted by atomic mass is 10.0. The molecule has 1 atom stereocenters. The molecule has 1 aromatic heterocycles. The number of anilines is 3. The molecule has 2 aliphatic heterocycles. The second kappa shape index (κ2) is 8.47. The molecule has 2 aliphatic rings. The molecule has 25 heavy (non-hydrogen) atoms. The quantitative estimate of drug-likeness (QED) is 0.618. The first-order valence-electron chi connectivity index (χ1n) is 9.24. The third kappa shape index (κ3) is 4.60. The van der Waals surface area contributed by atoms with Gasteiger partial charge >= 0.3 is 0 Å². The van der Waals surface area contributed by atoms with E-state index in [-0.39, 0.29) is 0 Å². The second-order valence-corrected chi connectivity index (χ2v) is 7.17. The fourth-order valence-electron chi connectivity index (χ4n) is 3.48. The van der Waals surface area contributed by atoms with Gasteiger partial charge in [0.05, 0.1) is 0 Å². The number of piperidine rings is 1. The van der Waals surface area contributed by atoms with Crippen LogP contribution in [0, 0.1) is 0 Å². The molecular weight excluding hydrogens is 332 g/mol. The highest BCUT2D eigenvalue weighted by Gasteiger charge is 2.23. The lowest BCUT2D eigenvalue weighted by Gasteiger charge is -2.35. The van der Waals surface area contributed by atoms with Crippen molar-refractivity contribution in [3.63, 3.8) is 0 Å². The molecule has 0 radical (unpaired) electrons. The van der Waals surface area contributed by atoms with Crippen molar-refractivity contribution in [1.82, 2.24) is 15.3 Å². The third-order valence-corrected chi connectivity index (χ3v) is 5.11. The molecule has 2 saturated heterocycles. The average Bonchev–Trinajstić information content (AvgIpc) is 3.15. The highest BCUT2D eigenvalue weighted by Crippen LogP contribution is 2.28. The fraction of sp³-hybridized carbons (Fsp3) is 0.611. The topological polar surface area (TPSA) is 56.3 Å². The highest BCUT2D eigenvalue weighted by molar-refractivity contribution is 7.80. The van der Waals surface area contributed by atoms with Gasteiger partial charge < -0.3 is 20.4 Å². The van der Waals surface area contributed by atoms with Crippen LogP contribution in [-0.4, -0.2) is 47.3 Å². The van der Waals surface area contributed by atoms with E-state index in [4.69, 9.17) is 22.2 Å². The van der Waals surface area contributed by atoms with Gasteiger partial charge in [-0.25, -0.2) is 0 Å². The molecule has 136 valence electrons. The van der Waals surface area contributed by atoms with Crippen molar-refractivity contribution in [1.29, 1.82) is 0 Å². The molecule has 0 bridgehead atoms. The van der Waals surface area contributed by atoms with E-state index in [0.29, 0.717) is 23.6 Å². The predicted molar refractivity (Wildman–Crippen MR) is 109 cm³/mol. The van der Waals surface area contributed by atoms with Gasteiger partial charge in [-0.1, -0.05) is 6.08 Å². The Balaban J connectivity index is 1.85. The zero-order valence-corrected chi connectivity index (χ0v) is 15.8. The molecule has 2 fully saturated rings. The van der Waals surface area contributed by atoms with E-state index in [9.17, 15) is 0 Å². The van der Waals surface area contributed by atoms with Crippen molar-refractivity contribution in [2.24, 2.45) is 0 Å². The Morgan fingerprint density at radius 1 is 1.24 bits per heavy atom. The summed E-state index contributed by atoms with van der Waals surface area (Å²) in [5.41, 5.74) is 0. The van der Waals surface area contributed by atoms with Crippen LogP contribution >= 0.6 is 12.2 Å². The maximum atomic E-state index is 5.33. The average molecular weight is 361 g/mol. The number of nitrogens with one attached hydrogen (secondary N) is 2. The second-order valence-electron chi connectivity index (χ2n) is 6.76. The number of aromatic nitrogens is 2. The molecule has 0 spiro atoms. The molecule has 0 amide bonds. The minimum absolute atomic E-state index is 0.508. The smallest absolute Gasteiger partial charge is 0.232 e. The number of rotatable bonds is 5. The monoisotopic (exact) mass is 360 g/mol. The van der Waals surface area contributed by atoms with E-state index in [2.05, 4.69) is 40.0 Å². The molecule has 0 saturated carbocycles. The highest BCUT2D eigenvalue weighted by atomic mass is 32.1. The maximum Gasteiger partial charge on any atom is 0.232 e. The minimum Gasteiger partial charge on any atom is -0.359 e. The van der Waals surface area contributed by atoms with Gasteiger partial charge in [-0.3, -0.25) is 0 Å². The largest absolute Gasteiger partial charge is 0.359 e. The van der Waals surface area contributed by atoms with Gasteiger partial charge in [-0.2, -0.15) is 9.97 Å². The normalized spacial score (nSPS) is 20.4. The minimum atomic E-state index is 0.508. The first-order chi connectivity index (χ1) is 12.2. The van der Waals surface area contributed by atoms with E-state index >= 15 is 0 Å². The van der Waals surface area contributed by atoms with Gasteiger partial charge in [0.15, 0.2) is 5.11 Å². The van der Waals surface area contributed by atoms with Gasteiger partial charge in [-0.15, -0.1) is 6.58 Å². The lowest BCUT2D eigenvalue weighted by Crippen LogP contribution is -2.38. The van der Waals surface area contributed by atoms with Crippen LogP contribution in [0.25, 0.3) is 0 Å². The van der Waals surface area contributed by atoms with Crippen LogP contribution in [-0.2, 0) is 0 Å². The van der Waals surface area contributed by atoms with Crippen molar-refractivity contribution < 1.29 is 0 Å². The number of thiocarbonyl (C=S) groups is 1. The van der Waals surface area contributed by atoms with Crippen molar-refractivity contribution in [2.45, 2.75) is 45.1 Å². The Bertz CT molecular complexity index is 614. The summed E-state index contributed by atoms with van der Waals surface area (Å²) in [6.45, 7) is 9.76. The van der Waals surface area contributed by atoms with E-state index < -0.39 is 0 Å². The summed E-state index contributed by atoms with van der Waals surface area (Å²) in [5, 5.41) is 6.73. The first-order valence-corrected chi connectivity index (χ1v) is 9.64. The van der Waals surface area contributed by atoms with Gasteiger partial charge in [-0.05, 0) is 51.2 Å². The van der Waals surface area contributed by atoms with E-state index in [1.54, 1.807) is 6.08 Å². The predicted octanol–water partition coefficient (Wildman–Crippen LogP) is 2.93. The Kier molecular flexibility index (Phi) is 6.07. The zero-order chi connectivity index (χ0) is 17.6. The summed E-state index contributed by atoms with van der Waals surface area (Å²) in [7, 11) is 0. The molecule has 3 rings (SSSR count). The van der Waals surface area contributed by atoms with Crippen LogP contribution in [0.3, 0.4) is 0 Å². The summed E-state index contributed by atoms with van der Waals surface area (Å²) in [6.07, 6.45) is 7.95. The van der Waals surface area contributed by atoms with E-state index in [1.807, 2.05) is 0 Å². The lowest BCUT2D eigenvalue weighted by molar-refractivity contribution is 0.481. The van der Waals surface area contributed by atoms with Crippen molar-refractivity contribution in [3.8, 4) is 0 Å².